The number of non-ortho nitro benzene ring substituents is 1. The van der Waals surface area contributed by atoms with Crippen LogP contribution < -0.4 is 0 Å². The van der Waals surface area contributed by atoms with Crippen molar-refractivity contribution in [3.05, 3.63) is 62.3 Å². The second kappa shape index (κ2) is 6.10. The first-order chi connectivity index (χ1) is 9.15. The molecule has 2 rings (SSSR count). The van der Waals surface area contributed by atoms with E-state index in [0.29, 0.717) is 0 Å². The molecule has 6 heteroatoms. The van der Waals surface area contributed by atoms with E-state index in [0.717, 1.165) is 11.1 Å². The molecule has 0 aliphatic heterocycles. The average molecular weight is 277 g/mol. The summed E-state index contributed by atoms with van der Waals surface area (Å²) < 4.78 is 5.10. The number of rotatable bonds is 5. The van der Waals surface area contributed by atoms with Crippen molar-refractivity contribution in [1.29, 1.82) is 0 Å². The van der Waals surface area contributed by atoms with Gasteiger partial charge >= 0.3 is 5.97 Å². The van der Waals surface area contributed by atoms with Gasteiger partial charge in [0.2, 0.25) is 0 Å². The Bertz CT molecular complexity index is 563. The highest BCUT2D eigenvalue weighted by atomic mass is 32.1. The average Bonchev–Trinajstić information content (AvgIpc) is 2.89. The van der Waals surface area contributed by atoms with E-state index < -0.39 is 4.92 Å². The highest BCUT2D eigenvalue weighted by molar-refractivity contribution is 7.07. The Labute approximate surface area is 113 Å². The number of hydrogen-bond donors (Lipinski definition) is 0. The maximum atomic E-state index is 11.5. The molecule has 0 unspecified atom stereocenters. The summed E-state index contributed by atoms with van der Waals surface area (Å²) in [6, 6.07) is 7.81. The van der Waals surface area contributed by atoms with Crippen LogP contribution in [0.25, 0.3) is 0 Å². The number of nitro benzene ring substituents is 1. The van der Waals surface area contributed by atoms with Crippen molar-refractivity contribution in [2.24, 2.45) is 0 Å². The van der Waals surface area contributed by atoms with Crippen LogP contribution in [-0.4, -0.2) is 10.9 Å². The van der Waals surface area contributed by atoms with E-state index in [-0.39, 0.29) is 24.7 Å². The molecule has 2 aromatic rings. The van der Waals surface area contributed by atoms with Crippen LogP contribution in [-0.2, 0) is 22.6 Å². The highest BCUT2D eigenvalue weighted by Crippen LogP contribution is 2.13. The first-order valence-corrected chi connectivity index (χ1v) is 6.49. The monoisotopic (exact) mass is 277 g/mol. The molecule has 0 fully saturated rings. The van der Waals surface area contributed by atoms with Crippen molar-refractivity contribution in [1.82, 2.24) is 0 Å². The first-order valence-electron chi connectivity index (χ1n) is 5.55. The molecule has 0 saturated carbocycles. The SMILES string of the molecule is O=C(Cc1ccsc1)OCc1ccc([N+](=O)[O-])cc1. The van der Waals surface area contributed by atoms with Gasteiger partial charge in [-0.1, -0.05) is 0 Å². The van der Waals surface area contributed by atoms with Crippen molar-refractivity contribution >= 4 is 23.0 Å². The molecule has 0 amide bonds. The summed E-state index contributed by atoms with van der Waals surface area (Å²) in [7, 11) is 0. The number of carbonyl (C=O) groups excluding carboxylic acids is 1. The van der Waals surface area contributed by atoms with Gasteiger partial charge in [0.1, 0.15) is 6.61 Å². The van der Waals surface area contributed by atoms with Crippen LogP contribution in [0, 0.1) is 10.1 Å². The lowest BCUT2D eigenvalue weighted by molar-refractivity contribution is -0.384. The largest absolute Gasteiger partial charge is 0.461 e. The van der Waals surface area contributed by atoms with Crippen LogP contribution in [0.4, 0.5) is 5.69 Å². The lowest BCUT2D eigenvalue weighted by Gasteiger charge is -2.04. The van der Waals surface area contributed by atoms with Gasteiger partial charge in [0, 0.05) is 12.1 Å². The number of hydrogen-bond acceptors (Lipinski definition) is 5. The molecule has 1 aromatic carbocycles. The number of nitro groups is 1. The summed E-state index contributed by atoms with van der Waals surface area (Å²) in [4.78, 5) is 21.5. The number of nitrogens with zero attached hydrogens (tertiary/aromatic N) is 1. The van der Waals surface area contributed by atoms with Crippen molar-refractivity contribution in [2.45, 2.75) is 13.0 Å². The lowest BCUT2D eigenvalue weighted by atomic mass is 10.2. The molecule has 0 aliphatic carbocycles. The van der Waals surface area contributed by atoms with Gasteiger partial charge in [0.15, 0.2) is 0 Å². The van der Waals surface area contributed by atoms with Crippen LogP contribution in [0.3, 0.4) is 0 Å². The van der Waals surface area contributed by atoms with E-state index in [1.165, 1.54) is 23.5 Å². The van der Waals surface area contributed by atoms with Crippen molar-refractivity contribution < 1.29 is 14.5 Å². The summed E-state index contributed by atoms with van der Waals surface area (Å²) >= 11 is 1.53. The van der Waals surface area contributed by atoms with Gasteiger partial charge in [-0.25, -0.2) is 0 Å². The van der Waals surface area contributed by atoms with Gasteiger partial charge in [0.05, 0.1) is 11.3 Å². The summed E-state index contributed by atoms with van der Waals surface area (Å²) in [6.45, 7) is 0.126. The van der Waals surface area contributed by atoms with Crippen LogP contribution in [0.2, 0.25) is 0 Å². The molecule has 0 spiro atoms. The van der Waals surface area contributed by atoms with Gasteiger partial charge < -0.3 is 4.74 Å². The summed E-state index contributed by atoms with van der Waals surface area (Å²) in [5.74, 6) is -0.309. The molecular formula is C13H11NO4S. The molecule has 0 atom stereocenters. The predicted octanol–water partition coefficient (Wildman–Crippen LogP) is 2.94. The van der Waals surface area contributed by atoms with E-state index in [2.05, 4.69) is 0 Å². The highest BCUT2D eigenvalue weighted by Gasteiger charge is 2.07. The Morgan fingerprint density at radius 3 is 2.53 bits per heavy atom. The predicted molar refractivity (Wildman–Crippen MR) is 70.9 cm³/mol. The zero-order valence-electron chi connectivity index (χ0n) is 9.94. The maximum absolute atomic E-state index is 11.5. The van der Waals surface area contributed by atoms with E-state index in [4.69, 9.17) is 4.74 Å². The van der Waals surface area contributed by atoms with Gasteiger partial charge in [-0.15, -0.1) is 0 Å². The molecule has 1 aromatic heterocycles. The lowest BCUT2D eigenvalue weighted by Crippen LogP contribution is -2.07. The number of esters is 1. The van der Waals surface area contributed by atoms with Crippen molar-refractivity contribution in [2.75, 3.05) is 0 Å². The first kappa shape index (κ1) is 13.2. The van der Waals surface area contributed by atoms with E-state index in [9.17, 15) is 14.9 Å². The topological polar surface area (TPSA) is 69.4 Å². The standard InChI is InChI=1S/C13H11NO4S/c15-13(7-11-5-6-19-9-11)18-8-10-1-3-12(4-2-10)14(16)17/h1-6,9H,7-8H2. The Morgan fingerprint density at radius 1 is 1.21 bits per heavy atom. The third kappa shape index (κ3) is 3.89. The minimum Gasteiger partial charge on any atom is -0.461 e. The summed E-state index contributed by atoms with van der Waals surface area (Å²) in [5.41, 5.74) is 1.68. The van der Waals surface area contributed by atoms with E-state index in [1.807, 2.05) is 16.8 Å². The van der Waals surface area contributed by atoms with Gasteiger partial charge in [-0.2, -0.15) is 11.3 Å². The van der Waals surface area contributed by atoms with Gasteiger partial charge in [-0.3, -0.25) is 14.9 Å². The summed E-state index contributed by atoms with van der Waals surface area (Å²) in [5, 5.41) is 14.3. The van der Waals surface area contributed by atoms with Gasteiger partial charge in [0.25, 0.3) is 5.69 Å². The molecule has 0 bridgehead atoms. The molecule has 98 valence electrons. The molecule has 0 saturated heterocycles. The maximum Gasteiger partial charge on any atom is 0.310 e. The quantitative estimate of drug-likeness (QED) is 0.478. The fraction of sp³-hybridized carbons (Fsp3) is 0.154. The second-order valence-corrected chi connectivity index (χ2v) is 4.67. The fourth-order valence-corrected chi connectivity index (χ4v) is 2.16. The van der Waals surface area contributed by atoms with Crippen LogP contribution >= 0.6 is 11.3 Å². The normalized spacial score (nSPS) is 10.1. The minimum absolute atomic E-state index is 0.0216. The number of benzene rings is 1. The molecule has 0 radical (unpaired) electrons. The Morgan fingerprint density at radius 2 is 1.95 bits per heavy atom. The fourth-order valence-electron chi connectivity index (χ4n) is 1.49. The number of thiophene rings is 1. The molecule has 5 nitrogen and oxygen atoms in total. The van der Waals surface area contributed by atoms with Crippen LogP contribution in [0.5, 0.6) is 0 Å². The van der Waals surface area contributed by atoms with Gasteiger partial charge in [-0.05, 0) is 40.1 Å². The molecule has 1 heterocycles. The molecular weight excluding hydrogens is 266 g/mol. The Hall–Kier alpha value is -2.21. The van der Waals surface area contributed by atoms with Crippen LogP contribution in [0.15, 0.2) is 41.1 Å². The minimum atomic E-state index is -0.466. The van der Waals surface area contributed by atoms with Crippen LogP contribution in [0.1, 0.15) is 11.1 Å². The van der Waals surface area contributed by atoms with E-state index in [1.54, 1.807) is 12.1 Å². The van der Waals surface area contributed by atoms with E-state index >= 15 is 0 Å². The number of carbonyl (C=O) groups is 1. The van der Waals surface area contributed by atoms with Crippen molar-refractivity contribution in [3.8, 4) is 0 Å². The zero-order valence-corrected chi connectivity index (χ0v) is 10.8. The Balaban J connectivity index is 1.84. The Kier molecular flexibility index (Phi) is 4.25. The number of ether oxygens (including phenoxy) is 1. The molecule has 0 aliphatic rings. The molecule has 0 N–H and O–H groups in total. The van der Waals surface area contributed by atoms with Crippen molar-refractivity contribution in [3.63, 3.8) is 0 Å². The third-order valence-electron chi connectivity index (χ3n) is 2.48. The second-order valence-electron chi connectivity index (χ2n) is 3.89. The smallest absolute Gasteiger partial charge is 0.310 e. The molecule has 19 heavy (non-hydrogen) atoms. The summed E-state index contributed by atoms with van der Waals surface area (Å²) in [6.07, 6.45) is 0.247. The zero-order chi connectivity index (χ0) is 13.7. The third-order valence-corrected chi connectivity index (χ3v) is 3.21.